The van der Waals surface area contributed by atoms with Gasteiger partial charge in [0.1, 0.15) is 0 Å². The first kappa shape index (κ1) is 16.8. The third kappa shape index (κ3) is 4.26. The van der Waals surface area contributed by atoms with Gasteiger partial charge in [0, 0.05) is 30.7 Å². The zero-order valence-electron chi connectivity index (χ0n) is 13.9. The number of rotatable bonds is 4. The van der Waals surface area contributed by atoms with Crippen LogP contribution in [0.15, 0.2) is 36.5 Å². The van der Waals surface area contributed by atoms with Crippen LogP contribution in [0.5, 0.6) is 0 Å². The second-order valence-electron chi connectivity index (χ2n) is 6.25. The van der Waals surface area contributed by atoms with Crippen LogP contribution in [-0.4, -0.2) is 24.0 Å². The number of halogens is 1. The van der Waals surface area contributed by atoms with E-state index in [1.165, 1.54) is 19.3 Å². The van der Waals surface area contributed by atoms with E-state index >= 15 is 0 Å². The molecule has 1 saturated heterocycles. The first-order chi connectivity index (χ1) is 11.6. The maximum atomic E-state index is 12.2. The molecule has 0 atom stereocenters. The Morgan fingerprint density at radius 1 is 1.21 bits per heavy atom. The van der Waals surface area contributed by atoms with Gasteiger partial charge in [-0.3, -0.25) is 9.78 Å². The van der Waals surface area contributed by atoms with Crippen LogP contribution in [0.1, 0.15) is 30.5 Å². The van der Waals surface area contributed by atoms with E-state index < -0.39 is 0 Å². The van der Waals surface area contributed by atoms with Gasteiger partial charge in [-0.25, -0.2) is 0 Å². The number of hydrogen-bond donors (Lipinski definition) is 1. The predicted molar refractivity (Wildman–Crippen MR) is 98.8 cm³/mol. The molecule has 24 heavy (non-hydrogen) atoms. The fourth-order valence-electron chi connectivity index (χ4n) is 2.97. The summed E-state index contributed by atoms with van der Waals surface area (Å²) in [6.07, 6.45) is 5.75. The number of nitrogens with one attached hydrogen (secondary N) is 1. The van der Waals surface area contributed by atoms with Crippen LogP contribution in [0.25, 0.3) is 0 Å². The third-order valence-electron chi connectivity index (χ3n) is 4.27. The lowest BCUT2D eigenvalue weighted by atomic mass is 10.1. The summed E-state index contributed by atoms with van der Waals surface area (Å²) in [4.78, 5) is 18.7. The molecule has 126 valence electrons. The van der Waals surface area contributed by atoms with Crippen LogP contribution in [0.2, 0.25) is 5.02 Å². The summed E-state index contributed by atoms with van der Waals surface area (Å²) in [5, 5.41) is 3.59. The van der Waals surface area contributed by atoms with Crippen LogP contribution in [0.4, 0.5) is 11.4 Å². The van der Waals surface area contributed by atoms with Crippen molar-refractivity contribution in [3.05, 3.63) is 52.8 Å². The highest BCUT2D eigenvalue weighted by Crippen LogP contribution is 2.30. The molecule has 0 radical (unpaired) electrons. The number of piperidine rings is 1. The maximum Gasteiger partial charge on any atom is 0.228 e. The summed E-state index contributed by atoms with van der Waals surface area (Å²) >= 11 is 6.42. The lowest BCUT2D eigenvalue weighted by molar-refractivity contribution is -0.115. The van der Waals surface area contributed by atoms with Crippen LogP contribution in [0.3, 0.4) is 0 Å². The Morgan fingerprint density at radius 3 is 2.67 bits per heavy atom. The van der Waals surface area contributed by atoms with Crippen molar-refractivity contribution < 1.29 is 4.79 Å². The minimum absolute atomic E-state index is 0.0672. The molecule has 0 saturated carbocycles. The molecule has 3 rings (SSSR count). The van der Waals surface area contributed by atoms with Gasteiger partial charge in [-0.1, -0.05) is 17.7 Å². The van der Waals surface area contributed by atoms with Gasteiger partial charge in [0.25, 0.3) is 0 Å². The zero-order chi connectivity index (χ0) is 16.9. The van der Waals surface area contributed by atoms with E-state index in [0.29, 0.717) is 11.4 Å². The second kappa shape index (κ2) is 7.67. The number of hydrogen-bond acceptors (Lipinski definition) is 3. The van der Waals surface area contributed by atoms with Gasteiger partial charge >= 0.3 is 0 Å². The molecule has 5 heteroatoms. The molecule has 1 aromatic carbocycles. The molecular formula is C19H22ClN3O. The standard InChI is InChI=1S/C19H22ClN3O/c1-14-5-6-15(13-21-14)11-19(24)22-16-7-8-18(17(20)12-16)23-9-3-2-4-10-23/h5-8,12-13H,2-4,9-11H2,1H3,(H,22,24). The average Bonchev–Trinajstić information content (AvgIpc) is 2.58. The second-order valence-corrected chi connectivity index (χ2v) is 6.65. The molecule has 1 aromatic heterocycles. The van der Waals surface area contributed by atoms with Crippen molar-refractivity contribution in [2.75, 3.05) is 23.3 Å². The molecule has 2 heterocycles. The quantitative estimate of drug-likeness (QED) is 0.904. The molecule has 4 nitrogen and oxygen atoms in total. The molecule has 0 aliphatic carbocycles. The summed E-state index contributed by atoms with van der Waals surface area (Å²) in [6.45, 7) is 4.02. The number of carbonyl (C=O) groups excluding carboxylic acids is 1. The summed E-state index contributed by atoms with van der Waals surface area (Å²) in [5.74, 6) is -0.0672. The fourth-order valence-corrected chi connectivity index (χ4v) is 3.27. The van der Waals surface area contributed by atoms with Crippen molar-refractivity contribution in [3.63, 3.8) is 0 Å². The van der Waals surface area contributed by atoms with Gasteiger partial charge in [-0.15, -0.1) is 0 Å². The largest absolute Gasteiger partial charge is 0.370 e. The summed E-state index contributed by atoms with van der Waals surface area (Å²) in [6, 6.07) is 9.58. The van der Waals surface area contributed by atoms with Crippen molar-refractivity contribution in [3.8, 4) is 0 Å². The van der Waals surface area contributed by atoms with Crippen LogP contribution in [-0.2, 0) is 11.2 Å². The van der Waals surface area contributed by atoms with Crippen molar-refractivity contribution >= 4 is 28.9 Å². The van der Waals surface area contributed by atoms with E-state index in [1.807, 2.05) is 37.3 Å². The summed E-state index contributed by atoms with van der Waals surface area (Å²) in [5.41, 5.74) is 3.62. The van der Waals surface area contributed by atoms with E-state index in [0.717, 1.165) is 35.7 Å². The smallest absolute Gasteiger partial charge is 0.228 e. The molecule has 1 aliphatic rings. The van der Waals surface area contributed by atoms with E-state index in [-0.39, 0.29) is 5.91 Å². The first-order valence-corrected chi connectivity index (χ1v) is 8.75. The van der Waals surface area contributed by atoms with Crippen LogP contribution < -0.4 is 10.2 Å². The number of carbonyl (C=O) groups is 1. The Hall–Kier alpha value is -2.07. The highest BCUT2D eigenvalue weighted by Gasteiger charge is 2.14. The molecule has 1 N–H and O–H groups in total. The van der Waals surface area contributed by atoms with Crippen molar-refractivity contribution in [2.45, 2.75) is 32.6 Å². The molecule has 0 bridgehead atoms. The summed E-state index contributed by atoms with van der Waals surface area (Å²) < 4.78 is 0. The minimum Gasteiger partial charge on any atom is -0.370 e. The van der Waals surface area contributed by atoms with Crippen molar-refractivity contribution in [1.29, 1.82) is 0 Å². The minimum atomic E-state index is -0.0672. The van der Waals surface area contributed by atoms with E-state index in [2.05, 4.69) is 15.2 Å². The SMILES string of the molecule is Cc1ccc(CC(=O)Nc2ccc(N3CCCCC3)c(Cl)c2)cn1. The molecule has 0 spiro atoms. The lowest BCUT2D eigenvalue weighted by Crippen LogP contribution is -2.29. The lowest BCUT2D eigenvalue weighted by Gasteiger charge is -2.29. The monoisotopic (exact) mass is 343 g/mol. The highest BCUT2D eigenvalue weighted by molar-refractivity contribution is 6.33. The number of nitrogens with zero attached hydrogens (tertiary/aromatic N) is 2. The van der Waals surface area contributed by atoms with Gasteiger partial charge in [0.05, 0.1) is 17.1 Å². The van der Waals surface area contributed by atoms with Crippen molar-refractivity contribution in [2.24, 2.45) is 0 Å². The maximum absolute atomic E-state index is 12.2. The molecular weight excluding hydrogens is 322 g/mol. The number of aryl methyl sites for hydroxylation is 1. The Morgan fingerprint density at radius 2 is 2.00 bits per heavy atom. The average molecular weight is 344 g/mol. The van der Waals surface area contributed by atoms with Crippen LogP contribution >= 0.6 is 11.6 Å². The zero-order valence-corrected chi connectivity index (χ0v) is 14.6. The van der Waals surface area contributed by atoms with Crippen molar-refractivity contribution in [1.82, 2.24) is 4.98 Å². The van der Waals surface area contributed by atoms with Gasteiger partial charge in [0.15, 0.2) is 0 Å². The number of aromatic nitrogens is 1. The number of anilines is 2. The molecule has 1 amide bonds. The Labute approximate surface area is 147 Å². The molecule has 0 unspecified atom stereocenters. The molecule has 1 fully saturated rings. The van der Waals surface area contributed by atoms with Gasteiger partial charge in [-0.2, -0.15) is 0 Å². The van der Waals surface area contributed by atoms with E-state index in [4.69, 9.17) is 11.6 Å². The topological polar surface area (TPSA) is 45.2 Å². The van der Waals surface area contributed by atoms with Gasteiger partial charge < -0.3 is 10.2 Å². The Balaban J connectivity index is 1.63. The number of pyridine rings is 1. The van der Waals surface area contributed by atoms with E-state index in [9.17, 15) is 4.79 Å². The predicted octanol–water partition coefficient (Wildman–Crippen LogP) is 4.21. The fraction of sp³-hybridized carbons (Fsp3) is 0.368. The molecule has 1 aliphatic heterocycles. The first-order valence-electron chi connectivity index (χ1n) is 8.38. The molecule has 2 aromatic rings. The normalized spacial score (nSPS) is 14.5. The summed E-state index contributed by atoms with van der Waals surface area (Å²) in [7, 11) is 0. The van der Waals surface area contributed by atoms with E-state index in [1.54, 1.807) is 6.20 Å². The van der Waals surface area contributed by atoms with Gasteiger partial charge in [-0.05, 0) is 56.0 Å². The highest BCUT2D eigenvalue weighted by atomic mass is 35.5. The third-order valence-corrected chi connectivity index (χ3v) is 4.57. The Kier molecular flexibility index (Phi) is 5.36. The van der Waals surface area contributed by atoms with Gasteiger partial charge in [0.2, 0.25) is 5.91 Å². The number of benzene rings is 1. The Bertz CT molecular complexity index is 709. The number of amides is 1. The van der Waals surface area contributed by atoms with Crippen LogP contribution in [0, 0.1) is 6.92 Å².